The van der Waals surface area contributed by atoms with E-state index in [1.54, 1.807) is 12.4 Å². The van der Waals surface area contributed by atoms with E-state index in [1.807, 2.05) is 66.7 Å². The molecule has 1 aliphatic rings. The molecular weight excluding hydrogens is 326 g/mol. The molecule has 0 radical (unpaired) electrons. The lowest BCUT2D eigenvalue weighted by atomic mass is 10.2. The van der Waals surface area contributed by atoms with Gasteiger partial charge in [0.1, 0.15) is 18.3 Å². The number of carbonyl (C=O) groups is 1. The zero-order chi connectivity index (χ0) is 18.0. The standard InChI is InChI=1S/C16H12N2O2.C5H5N/c19-16-18-15(11-20-16)14-8-4-7-13(17-14)10-9-12-5-2-1-3-6-12;1-2-4-6-5-3-1/h1-8,15H,11H2,(H,18,19);1-5H/t15-;/m0./s1. The third-order valence-corrected chi connectivity index (χ3v) is 3.48. The summed E-state index contributed by atoms with van der Waals surface area (Å²) in [6.45, 7) is 0.307. The molecular formula is C21H17N3O2. The number of benzene rings is 1. The minimum atomic E-state index is -0.405. The van der Waals surface area contributed by atoms with Crippen LogP contribution in [0.4, 0.5) is 4.79 Å². The first-order valence-electron chi connectivity index (χ1n) is 8.13. The Hall–Kier alpha value is -3.65. The lowest BCUT2D eigenvalue weighted by molar-refractivity contribution is 0.177. The highest BCUT2D eigenvalue weighted by atomic mass is 16.6. The highest BCUT2D eigenvalue weighted by Gasteiger charge is 2.24. The number of hydrogen-bond acceptors (Lipinski definition) is 4. The Morgan fingerprint density at radius 2 is 1.69 bits per heavy atom. The summed E-state index contributed by atoms with van der Waals surface area (Å²) in [6, 6.07) is 20.8. The zero-order valence-electron chi connectivity index (χ0n) is 14.0. The van der Waals surface area contributed by atoms with Crippen LogP contribution in [0.3, 0.4) is 0 Å². The second kappa shape index (κ2) is 9.00. The Labute approximate surface area is 152 Å². The molecule has 1 saturated heterocycles. The number of rotatable bonds is 1. The Morgan fingerprint density at radius 1 is 0.923 bits per heavy atom. The van der Waals surface area contributed by atoms with E-state index in [9.17, 15) is 4.79 Å². The molecule has 0 spiro atoms. The number of carbonyl (C=O) groups excluding carboxylic acids is 1. The first-order chi connectivity index (χ1) is 12.8. The third kappa shape index (κ3) is 5.18. The summed E-state index contributed by atoms with van der Waals surface area (Å²) in [5, 5.41) is 2.70. The van der Waals surface area contributed by atoms with E-state index < -0.39 is 6.09 Å². The molecule has 4 rings (SSSR count). The SMILES string of the molecule is O=C1N[C@H](c2cccc(C#Cc3ccccc3)n2)CO1.c1ccncc1. The zero-order valence-corrected chi connectivity index (χ0v) is 14.0. The normalized spacial score (nSPS) is 14.8. The molecule has 1 atom stereocenters. The second-order valence-corrected chi connectivity index (χ2v) is 5.38. The lowest BCUT2D eigenvalue weighted by Crippen LogP contribution is -2.19. The summed E-state index contributed by atoms with van der Waals surface area (Å²) in [5.41, 5.74) is 2.38. The topological polar surface area (TPSA) is 64.1 Å². The van der Waals surface area contributed by atoms with Crippen molar-refractivity contribution in [1.82, 2.24) is 15.3 Å². The number of hydrogen-bond donors (Lipinski definition) is 1. The summed E-state index contributed by atoms with van der Waals surface area (Å²) >= 11 is 0. The van der Waals surface area contributed by atoms with Gasteiger partial charge < -0.3 is 10.1 Å². The van der Waals surface area contributed by atoms with Crippen LogP contribution in [0.2, 0.25) is 0 Å². The van der Waals surface area contributed by atoms with Crippen molar-refractivity contribution < 1.29 is 9.53 Å². The van der Waals surface area contributed by atoms with Crippen molar-refractivity contribution in [2.75, 3.05) is 6.61 Å². The average molecular weight is 343 g/mol. The molecule has 2 aromatic heterocycles. The van der Waals surface area contributed by atoms with Crippen molar-refractivity contribution in [1.29, 1.82) is 0 Å². The van der Waals surface area contributed by atoms with Gasteiger partial charge >= 0.3 is 6.09 Å². The molecule has 1 aliphatic heterocycles. The minimum absolute atomic E-state index is 0.194. The molecule has 128 valence electrons. The van der Waals surface area contributed by atoms with Gasteiger partial charge in [-0.3, -0.25) is 4.98 Å². The van der Waals surface area contributed by atoms with Crippen LogP contribution in [0.5, 0.6) is 0 Å². The number of amides is 1. The van der Waals surface area contributed by atoms with Gasteiger partial charge in [-0.1, -0.05) is 36.3 Å². The van der Waals surface area contributed by atoms with Crippen molar-refractivity contribution in [3.8, 4) is 11.8 Å². The number of nitrogens with zero attached hydrogens (tertiary/aromatic N) is 2. The molecule has 5 heteroatoms. The number of pyridine rings is 2. The summed E-state index contributed by atoms with van der Waals surface area (Å²) in [4.78, 5) is 19.3. The first kappa shape index (κ1) is 17.2. The molecule has 1 fully saturated rings. The van der Waals surface area contributed by atoms with Crippen molar-refractivity contribution in [3.63, 3.8) is 0 Å². The Kier molecular flexibility index (Phi) is 5.95. The molecule has 1 N–H and O–H groups in total. The summed E-state index contributed by atoms with van der Waals surface area (Å²) in [6.07, 6.45) is 3.09. The number of nitrogens with one attached hydrogen (secondary N) is 1. The van der Waals surface area contributed by atoms with Gasteiger partial charge in [-0.25, -0.2) is 9.78 Å². The predicted octanol–water partition coefficient (Wildman–Crippen LogP) is 3.34. The van der Waals surface area contributed by atoms with Gasteiger partial charge in [0.05, 0.1) is 5.69 Å². The van der Waals surface area contributed by atoms with Crippen LogP contribution >= 0.6 is 0 Å². The van der Waals surface area contributed by atoms with E-state index in [-0.39, 0.29) is 6.04 Å². The van der Waals surface area contributed by atoms with Gasteiger partial charge in [0.2, 0.25) is 0 Å². The van der Waals surface area contributed by atoms with Gasteiger partial charge in [0.15, 0.2) is 0 Å². The molecule has 1 amide bonds. The van der Waals surface area contributed by atoms with Crippen molar-refractivity contribution in [2.24, 2.45) is 0 Å². The quantitative estimate of drug-likeness (QED) is 0.688. The smallest absolute Gasteiger partial charge is 0.407 e. The van der Waals surface area contributed by atoms with Crippen LogP contribution in [0.25, 0.3) is 0 Å². The second-order valence-electron chi connectivity index (χ2n) is 5.38. The lowest BCUT2D eigenvalue weighted by Gasteiger charge is -2.06. The van der Waals surface area contributed by atoms with E-state index >= 15 is 0 Å². The fourth-order valence-electron chi connectivity index (χ4n) is 2.23. The van der Waals surface area contributed by atoms with Crippen molar-refractivity contribution >= 4 is 6.09 Å². The number of aromatic nitrogens is 2. The maximum atomic E-state index is 11.0. The number of ether oxygens (including phenoxy) is 1. The monoisotopic (exact) mass is 343 g/mol. The highest BCUT2D eigenvalue weighted by molar-refractivity contribution is 5.69. The van der Waals surface area contributed by atoms with Gasteiger partial charge in [0, 0.05) is 18.0 Å². The van der Waals surface area contributed by atoms with Gasteiger partial charge in [-0.15, -0.1) is 0 Å². The number of cyclic esters (lactones) is 1. The van der Waals surface area contributed by atoms with Crippen LogP contribution in [-0.4, -0.2) is 22.7 Å². The van der Waals surface area contributed by atoms with Gasteiger partial charge in [-0.05, 0) is 42.3 Å². The summed E-state index contributed by atoms with van der Waals surface area (Å²) < 4.78 is 4.86. The van der Waals surface area contributed by atoms with Crippen LogP contribution in [0.15, 0.2) is 79.1 Å². The third-order valence-electron chi connectivity index (χ3n) is 3.48. The van der Waals surface area contributed by atoms with Crippen molar-refractivity contribution in [3.05, 3.63) is 96.1 Å². The molecule has 0 bridgehead atoms. The summed E-state index contributed by atoms with van der Waals surface area (Å²) in [7, 11) is 0. The van der Waals surface area contributed by atoms with Crippen LogP contribution < -0.4 is 5.32 Å². The molecule has 0 unspecified atom stereocenters. The summed E-state index contributed by atoms with van der Waals surface area (Å²) in [5.74, 6) is 6.08. The fourth-order valence-corrected chi connectivity index (χ4v) is 2.23. The molecule has 3 heterocycles. The van der Waals surface area contributed by atoms with Gasteiger partial charge in [-0.2, -0.15) is 0 Å². The largest absolute Gasteiger partial charge is 0.447 e. The van der Waals surface area contributed by atoms with Crippen LogP contribution in [0, 0.1) is 11.8 Å². The first-order valence-corrected chi connectivity index (χ1v) is 8.13. The molecule has 3 aromatic rings. The Bertz CT molecular complexity index is 876. The maximum Gasteiger partial charge on any atom is 0.407 e. The highest BCUT2D eigenvalue weighted by Crippen LogP contribution is 2.15. The van der Waals surface area contributed by atoms with E-state index in [0.717, 1.165) is 11.3 Å². The van der Waals surface area contributed by atoms with Crippen LogP contribution in [-0.2, 0) is 4.74 Å². The molecule has 0 aliphatic carbocycles. The Balaban J connectivity index is 0.000000278. The molecule has 26 heavy (non-hydrogen) atoms. The fraction of sp³-hybridized carbons (Fsp3) is 0.0952. The number of alkyl carbamates (subject to hydrolysis) is 1. The van der Waals surface area contributed by atoms with E-state index in [0.29, 0.717) is 12.3 Å². The minimum Gasteiger partial charge on any atom is -0.447 e. The van der Waals surface area contributed by atoms with E-state index in [2.05, 4.69) is 27.1 Å². The molecule has 0 saturated carbocycles. The van der Waals surface area contributed by atoms with E-state index in [4.69, 9.17) is 4.74 Å². The molecule has 1 aromatic carbocycles. The molecule has 5 nitrogen and oxygen atoms in total. The predicted molar refractivity (Wildman–Crippen MR) is 98.1 cm³/mol. The van der Waals surface area contributed by atoms with Crippen molar-refractivity contribution in [2.45, 2.75) is 6.04 Å². The average Bonchev–Trinajstić information content (AvgIpc) is 3.16. The van der Waals surface area contributed by atoms with E-state index in [1.165, 1.54) is 0 Å². The Morgan fingerprint density at radius 3 is 2.31 bits per heavy atom. The van der Waals surface area contributed by atoms with Crippen LogP contribution in [0.1, 0.15) is 23.0 Å². The van der Waals surface area contributed by atoms with Gasteiger partial charge in [0.25, 0.3) is 0 Å². The maximum absolute atomic E-state index is 11.0.